The second-order valence-corrected chi connectivity index (χ2v) is 8.88. The Morgan fingerprint density at radius 1 is 0.842 bits per heavy atom. The summed E-state index contributed by atoms with van der Waals surface area (Å²) < 4.78 is 5.47. The molecule has 0 spiro atoms. The standard InChI is InChI=1S/C29H21Cl2N3O4/c30-22-12-15-26(38-29(37)24-8-4-5-9-25(24)31)21(17-22)18-32-34-28(36)20-10-13-23(14-11-20)33-27(35)16-19-6-2-1-3-7-19/h1-15,17-18H,16H2,(H,33,35)(H,34,36)/b32-18+. The second-order valence-electron chi connectivity index (χ2n) is 8.04. The van der Waals surface area contributed by atoms with Crippen molar-refractivity contribution in [2.75, 3.05) is 5.32 Å². The van der Waals surface area contributed by atoms with Crippen molar-refractivity contribution in [2.24, 2.45) is 5.10 Å². The molecule has 0 saturated carbocycles. The molecule has 9 heteroatoms. The van der Waals surface area contributed by atoms with Crippen LogP contribution in [0.2, 0.25) is 10.0 Å². The highest BCUT2D eigenvalue weighted by Gasteiger charge is 2.14. The van der Waals surface area contributed by atoms with Crippen molar-refractivity contribution in [2.45, 2.75) is 6.42 Å². The van der Waals surface area contributed by atoms with E-state index >= 15 is 0 Å². The smallest absolute Gasteiger partial charge is 0.345 e. The van der Waals surface area contributed by atoms with Crippen LogP contribution in [-0.2, 0) is 11.2 Å². The van der Waals surface area contributed by atoms with Gasteiger partial charge < -0.3 is 10.1 Å². The molecule has 0 aliphatic rings. The number of amides is 2. The molecule has 7 nitrogen and oxygen atoms in total. The highest BCUT2D eigenvalue weighted by atomic mass is 35.5. The molecule has 4 rings (SSSR count). The molecule has 0 bridgehead atoms. The minimum atomic E-state index is -0.646. The Labute approximate surface area is 229 Å². The number of esters is 1. The van der Waals surface area contributed by atoms with E-state index < -0.39 is 11.9 Å². The van der Waals surface area contributed by atoms with Gasteiger partial charge in [0.2, 0.25) is 5.91 Å². The van der Waals surface area contributed by atoms with Crippen LogP contribution in [0.1, 0.15) is 31.8 Å². The Morgan fingerprint density at radius 3 is 2.29 bits per heavy atom. The minimum Gasteiger partial charge on any atom is -0.422 e. The van der Waals surface area contributed by atoms with Gasteiger partial charge in [0.1, 0.15) is 5.75 Å². The minimum absolute atomic E-state index is 0.162. The number of halogens is 2. The number of carbonyl (C=O) groups is 3. The van der Waals surface area contributed by atoms with Gasteiger partial charge in [-0.15, -0.1) is 0 Å². The van der Waals surface area contributed by atoms with E-state index in [2.05, 4.69) is 15.8 Å². The molecular formula is C29H21Cl2N3O4. The van der Waals surface area contributed by atoms with Crippen LogP contribution in [0.25, 0.3) is 0 Å². The van der Waals surface area contributed by atoms with Gasteiger partial charge in [0.25, 0.3) is 5.91 Å². The topological polar surface area (TPSA) is 96.9 Å². The lowest BCUT2D eigenvalue weighted by atomic mass is 10.1. The number of nitrogens with one attached hydrogen (secondary N) is 2. The monoisotopic (exact) mass is 545 g/mol. The van der Waals surface area contributed by atoms with E-state index in [0.29, 0.717) is 21.8 Å². The van der Waals surface area contributed by atoms with Gasteiger partial charge in [0.15, 0.2) is 0 Å². The maximum Gasteiger partial charge on any atom is 0.345 e. The van der Waals surface area contributed by atoms with E-state index in [9.17, 15) is 14.4 Å². The van der Waals surface area contributed by atoms with Gasteiger partial charge in [0, 0.05) is 21.8 Å². The number of ether oxygens (including phenoxy) is 1. The molecule has 0 heterocycles. The van der Waals surface area contributed by atoms with Crippen LogP contribution >= 0.6 is 23.2 Å². The molecule has 0 aromatic heterocycles. The number of carbonyl (C=O) groups excluding carboxylic acids is 3. The molecule has 0 unspecified atom stereocenters. The summed E-state index contributed by atoms with van der Waals surface area (Å²) in [5.74, 6) is -1.09. The molecular weight excluding hydrogens is 525 g/mol. The molecule has 0 aliphatic carbocycles. The van der Waals surface area contributed by atoms with Gasteiger partial charge in [-0.2, -0.15) is 5.10 Å². The Morgan fingerprint density at radius 2 is 1.55 bits per heavy atom. The number of anilines is 1. The van der Waals surface area contributed by atoms with Crippen molar-refractivity contribution in [3.05, 3.63) is 129 Å². The fourth-order valence-corrected chi connectivity index (χ4v) is 3.80. The van der Waals surface area contributed by atoms with Crippen LogP contribution < -0.4 is 15.5 Å². The first-order valence-corrected chi connectivity index (χ1v) is 12.2. The van der Waals surface area contributed by atoms with Crippen LogP contribution in [0.4, 0.5) is 5.69 Å². The maximum absolute atomic E-state index is 12.5. The first kappa shape index (κ1) is 26.6. The molecule has 2 N–H and O–H groups in total. The summed E-state index contributed by atoms with van der Waals surface area (Å²) in [5.41, 5.74) is 4.80. The van der Waals surface area contributed by atoms with Crippen LogP contribution in [-0.4, -0.2) is 24.0 Å². The van der Waals surface area contributed by atoms with E-state index in [1.54, 1.807) is 60.7 Å². The van der Waals surface area contributed by atoms with Crippen LogP contribution in [0.3, 0.4) is 0 Å². The first-order valence-electron chi connectivity index (χ1n) is 11.4. The van der Waals surface area contributed by atoms with Crippen molar-refractivity contribution >= 4 is 52.9 Å². The highest BCUT2D eigenvalue weighted by Crippen LogP contribution is 2.24. The fourth-order valence-electron chi connectivity index (χ4n) is 3.41. The molecule has 0 fully saturated rings. The average molecular weight is 546 g/mol. The quantitative estimate of drug-likeness (QED) is 0.120. The summed E-state index contributed by atoms with van der Waals surface area (Å²) in [6, 6.07) is 26.9. The number of hydrogen-bond donors (Lipinski definition) is 2. The second kappa shape index (κ2) is 12.7. The number of hydrogen-bond acceptors (Lipinski definition) is 5. The fraction of sp³-hybridized carbons (Fsp3) is 0.0345. The van der Waals surface area contributed by atoms with E-state index in [1.165, 1.54) is 12.3 Å². The van der Waals surface area contributed by atoms with E-state index in [4.69, 9.17) is 27.9 Å². The van der Waals surface area contributed by atoms with Crippen LogP contribution in [0.5, 0.6) is 5.75 Å². The molecule has 0 saturated heterocycles. The molecule has 4 aromatic carbocycles. The van der Waals surface area contributed by atoms with Gasteiger partial charge in [-0.05, 0) is 60.2 Å². The third kappa shape index (κ3) is 7.29. The lowest BCUT2D eigenvalue weighted by Crippen LogP contribution is -2.18. The van der Waals surface area contributed by atoms with Crippen molar-refractivity contribution in [3.63, 3.8) is 0 Å². The number of hydrazone groups is 1. The van der Waals surface area contributed by atoms with Gasteiger partial charge in [-0.25, -0.2) is 10.2 Å². The zero-order valence-corrected chi connectivity index (χ0v) is 21.4. The van der Waals surface area contributed by atoms with Crippen molar-refractivity contribution in [1.29, 1.82) is 0 Å². The lowest BCUT2D eigenvalue weighted by Gasteiger charge is -2.09. The van der Waals surface area contributed by atoms with Crippen molar-refractivity contribution < 1.29 is 19.1 Å². The molecule has 0 radical (unpaired) electrons. The maximum atomic E-state index is 12.5. The predicted molar refractivity (Wildman–Crippen MR) is 148 cm³/mol. The molecule has 0 aliphatic heterocycles. The van der Waals surface area contributed by atoms with E-state index in [0.717, 1.165) is 5.56 Å². The van der Waals surface area contributed by atoms with Gasteiger partial charge in [0.05, 0.1) is 23.2 Å². The molecule has 38 heavy (non-hydrogen) atoms. The highest BCUT2D eigenvalue weighted by molar-refractivity contribution is 6.33. The largest absolute Gasteiger partial charge is 0.422 e. The van der Waals surface area contributed by atoms with Crippen molar-refractivity contribution in [1.82, 2.24) is 5.43 Å². The number of nitrogens with zero attached hydrogens (tertiary/aromatic N) is 1. The first-order chi connectivity index (χ1) is 18.4. The molecule has 4 aromatic rings. The summed E-state index contributed by atoms with van der Waals surface area (Å²) in [4.78, 5) is 37.3. The lowest BCUT2D eigenvalue weighted by molar-refractivity contribution is -0.115. The Kier molecular flexibility index (Phi) is 8.87. The summed E-state index contributed by atoms with van der Waals surface area (Å²) in [7, 11) is 0. The predicted octanol–water partition coefficient (Wildman–Crippen LogP) is 6.16. The SMILES string of the molecule is O=C(Cc1ccccc1)Nc1ccc(C(=O)N/N=C/c2cc(Cl)ccc2OC(=O)c2ccccc2Cl)cc1. The molecule has 190 valence electrons. The number of benzene rings is 4. The van der Waals surface area contributed by atoms with E-state index in [1.807, 2.05) is 30.3 Å². The normalized spacial score (nSPS) is 10.7. The zero-order chi connectivity index (χ0) is 26.9. The van der Waals surface area contributed by atoms with E-state index in [-0.39, 0.29) is 28.7 Å². The van der Waals surface area contributed by atoms with Gasteiger partial charge in [-0.1, -0.05) is 65.7 Å². The third-order valence-corrected chi connectivity index (χ3v) is 5.84. The number of rotatable bonds is 8. The third-order valence-electron chi connectivity index (χ3n) is 5.28. The van der Waals surface area contributed by atoms with Gasteiger partial charge in [-0.3, -0.25) is 9.59 Å². The summed E-state index contributed by atoms with van der Waals surface area (Å²) in [6.07, 6.45) is 1.56. The summed E-state index contributed by atoms with van der Waals surface area (Å²) in [5, 5.41) is 7.41. The van der Waals surface area contributed by atoms with Crippen LogP contribution in [0.15, 0.2) is 102 Å². The molecule has 2 amide bonds. The van der Waals surface area contributed by atoms with Crippen LogP contribution in [0, 0.1) is 0 Å². The summed E-state index contributed by atoms with van der Waals surface area (Å²) in [6.45, 7) is 0. The Hall–Kier alpha value is -4.46. The Bertz CT molecular complexity index is 1490. The Balaban J connectivity index is 1.36. The summed E-state index contributed by atoms with van der Waals surface area (Å²) >= 11 is 12.2. The zero-order valence-electron chi connectivity index (χ0n) is 19.9. The molecule has 0 atom stereocenters. The van der Waals surface area contributed by atoms with Gasteiger partial charge >= 0.3 is 5.97 Å². The average Bonchev–Trinajstić information content (AvgIpc) is 2.91. The van der Waals surface area contributed by atoms with Crippen molar-refractivity contribution in [3.8, 4) is 5.75 Å².